The molecule has 0 N–H and O–H groups in total. The molecular weight excluding hydrogens is 342 g/mol. The molecule has 0 saturated carbocycles. The summed E-state index contributed by atoms with van der Waals surface area (Å²) in [6, 6.07) is 13.2. The molecule has 2 aromatic rings. The van der Waals surface area contributed by atoms with E-state index in [2.05, 4.69) is 0 Å². The largest absolute Gasteiger partial charge is 0.496 e. The Balaban J connectivity index is 2.03. The second-order valence-corrected chi connectivity index (χ2v) is 8.81. The summed E-state index contributed by atoms with van der Waals surface area (Å²) < 4.78 is 33.4. The molecule has 0 radical (unpaired) electrons. The smallest absolute Gasteiger partial charge is 0.244 e. The Morgan fingerprint density at radius 1 is 1.08 bits per heavy atom. The lowest BCUT2D eigenvalue weighted by atomic mass is 10.1. The Bertz CT molecular complexity index is 835. The first-order chi connectivity index (χ1) is 11.5. The van der Waals surface area contributed by atoms with Crippen molar-refractivity contribution in [1.29, 1.82) is 0 Å². The minimum absolute atomic E-state index is 0.169. The second-order valence-electron chi connectivity index (χ2n) is 5.77. The van der Waals surface area contributed by atoms with Crippen LogP contribution in [-0.4, -0.2) is 32.1 Å². The molecule has 1 heterocycles. The van der Waals surface area contributed by atoms with E-state index < -0.39 is 10.0 Å². The zero-order valence-electron chi connectivity index (χ0n) is 14.0. The first-order valence-corrected chi connectivity index (χ1v) is 10.3. The summed E-state index contributed by atoms with van der Waals surface area (Å²) in [5.74, 6) is 1.51. The molecule has 128 valence electrons. The quantitative estimate of drug-likeness (QED) is 0.830. The van der Waals surface area contributed by atoms with Crippen LogP contribution in [0.15, 0.2) is 47.4 Å². The molecular formula is C18H21NO3S2. The Morgan fingerprint density at radius 3 is 2.46 bits per heavy atom. The van der Waals surface area contributed by atoms with E-state index in [0.29, 0.717) is 17.2 Å². The van der Waals surface area contributed by atoms with Gasteiger partial charge in [0.1, 0.15) is 5.75 Å². The lowest BCUT2D eigenvalue weighted by Crippen LogP contribution is -2.31. The van der Waals surface area contributed by atoms with Crippen LogP contribution in [0.2, 0.25) is 0 Å². The summed E-state index contributed by atoms with van der Waals surface area (Å²) >= 11 is 1.66. The molecule has 0 bridgehead atoms. The van der Waals surface area contributed by atoms with Crippen LogP contribution in [0.25, 0.3) is 0 Å². The Kier molecular flexibility index (Phi) is 4.90. The molecule has 0 aliphatic carbocycles. The third-order valence-corrected chi connectivity index (χ3v) is 7.83. The molecule has 0 aromatic heterocycles. The van der Waals surface area contributed by atoms with Crippen molar-refractivity contribution in [3.05, 3.63) is 59.2 Å². The molecule has 1 fully saturated rings. The molecule has 24 heavy (non-hydrogen) atoms. The van der Waals surface area contributed by atoms with Crippen LogP contribution in [0.4, 0.5) is 0 Å². The highest BCUT2D eigenvalue weighted by Crippen LogP contribution is 2.42. The number of hydrogen-bond acceptors (Lipinski definition) is 4. The van der Waals surface area contributed by atoms with Gasteiger partial charge in [-0.3, -0.25) is 0 Å². The van der Waals surface area contributed by atoms with Gasteiger partial charge in [-0.25, -0.2) is 8.42 Å². The molecule has 0 spiro atoms. The Labute approximate surface area is 147 Å². The number of ether oxygens (including phenoxy) is 1. The SMILES string of the molecule is COc1ccc(S(=O)(=O)N2CCSC2c2ccccc2)c(C)c1C. The van der Waals surface area contributed by atoms with Gasteiger partial charge in [0.05, 0.1) is 17.4 Å². The highest BCUT2D eigenvalue weighted by atomic mass is 32.2. The topological polar surface area (TPSA) is 46.6 Å². The molecule has 1 saturated heterocycles. The first kappa shape index (κ1) is 17.3. The van der Waals surface area contributed by atoms with Crippen molar-refractivity contribution in [3.63, 3.8) is 0 Å². The van der Waals surface area contributed by atoms with Gasteiger partial charge in [-0.1, -0.05) is 30.3 Å². The maximum absolute atomic E-state index is 13.3. The fourth-order valence-corrected chi connectivity index (χ4v) is 6.50. The average molecular weight is 364 g/mol. The van der Waals surface area contributed by atoms with Gasteiger partial charge in [-0.05, 0) is 42.7 Å². The minimum Gasteiger partial charge on any atom is -0.496 e. The predicted octanol–water partition coefficient (Wildman–Crippen LogP) is 3.75. The first-order valence-electron chi connectivity index (χ1n) is 7.79. The highest BCUT2D eigenvalue weighted by molar-refractivity contribution is 8.01. The number of rotatable bonds is 4. The van der Waals surface area contributed by atoms with Crippen molar-refractivity contribution in [1.82, 2.24) is 4.31 Å². The van der Waals surface area contributed by atoms with Crippen molar-refractivity contribution in [2.75, 3.05) is 19.4 Å². The van der Waals surface area contributed by atoms with Crippen LogP contribution >= 0.6 is 11.8 Å². The zero-order valence-corrected chi connectivity index (χ0v) is 15.7. The Hall–Kier alpha value is -1.50. The standard InChI is InChI=1S/C18H21NO3S2/c1-13-14(2)17(10-9-16(13)22-3)24(20,21)19-11-12-23-18(19)15-7-5-4-6-8-15/h4-10,18H,11-12H2,1-3H3. The van der Waals surface area contributed by atoms with Crippen LogP contribution in [-0.2, 0) is 10.0 Å². The van der Waals surface area contributed by atoms with E-state index in [-0.39, 0.29) is 5.37 Å². The van der Waals surface area contributed by atoms with Gasteiger partial charge in [0.2, 0.25) is 10.0 Å². The van der Waals surface area contributed by atoms with E-state index in [0.717, 1.165) is 22.4 Å². The monoisotopic (exact) mass is 363 g/mol. The van der Waals surface area contributed by atoms with Crippen molar-refractivity contribution in [2.24, 2.45) is 0 Å². The van der Waals surface area contributed by atoms with Gasteiger partial charge < -0.3 is 4.74 Å². The third kappa shape index (κ3) is 2.94. The summed E-state index contributed by atoms with van der Waals surface area (Å²) in [7, 11) is -1.96. The van der Waals surface area contributed by atoms with Crippen molar-refractivity contribution < 1.29 is 13.2 Å². The van der Waals surface area contributed by atoms with E-state index >= 15 is 0 Å². The molecule has 1 atom stereocenters. The van der Waals surface area contributed by atoms with E-state index in [1.54, 1.807) is 35.3 Å². The van der Waals surface area contributed by atoms with Crippen LogP contribution in [0.1, 0.15) is 22.1 Å². The molecule has 1 aliphatic heterocycles. The van der Waals surface area contributed by atoms with E-state index in [9.17, 15) is 8.42 Å². The van der Waals surface area contributed by atoms with Gasteiger partial charge >= 0.3 is 0 Å². The summed E-state index contributed by atoms with van der Waals surface area (Å²) in [5, 5.41) is -0.169. The third-order valence-electron chi connectivity index (χ3n) is 4.43. The van der Waals surface area contributed by atoms with Gasteiger partial charge in [0.25, 0.3) is 0 Å². The number of hydrogen-bond donors (Lipinski definition) is 0. The van der Waals surface area contributed by atoms with Gasteiger partial charge in [-0.2, -0.15) is 4.31 Å². The highest BCUT2D eigenvalue weighted by Gasteiger charge is 2.37. The van der Waals surface area contributed by atoms with Crippen molar-refractivity contribution >= 4 is 21.8 Å². The normalized spacial score (nSPS) is 18.7. The Morgan fingerprint density at radius 2 is 1.79 bits per heavy atom. The summed E-state index contributed by atoms with van der Waals surface area (Å²) in [6.45, 7) is 4.25. The van der Waals surface area contributed by atoms with Crippen molar-refractivity contribution in [2.45, 2.75) is 24.1 Å². The summed E-state index contributed by atoms with van der Waals surface area (Å²) in [4.78, 5) is 0.365. The van der Waals surface area contributed by atoms with Crippen LogP contribution in [0.5, 0.6) is 5.75 Å². The zero-order chi connectivity index (χ0) is 17.3. The molecule has 1 aliphatic rings. The number of benzene rings is 2. The van der Waals surface area contributed by atoms with E-state index in [1.165, 1.54) is 0 Å². The number of methoxy groups -OCH3 is 1. The van der Waals surface area contributed by atoms with Crippen LogP contribution in [0.3, 0.4) is 0 Å². The molecule has 4 nitrogen and oxygen atoms in total. The van der Waals surface area contributed by atoms with Crippen LogP contribution < -0.4 is 4.74 Å². The molecule has 6 heteroatoms. The number of sulfonamides is 1. The average Bonchev–Trinajstić information content (AvgIpc) is 3.08. The van der Waals surface area contributed by atoms with Crippen LogP contribution in [0, 0.1) is 13.8 Å². The van der Waals surface area contributed by atoms with Gasteiger partial charge in [0, 0.05) is 12.3 Å². The molecule has 0 amide bonds. The maximum atomic E-state index is 13.3. The lowest BCUT2D eigenvalue weighted by molar-refractivity contribution is 0.410. The molecule has 2 aromatic carbocycles. The fraction of sp³-hybridized carbons (Fsp3) is 0.333. The number of nitrogens with zero attached hydrogens (tertiary/aromatic N) is 1. The molecule has 3 rings (SSSR count). The number of thioether (sulfide) groups is 1. The van der Waals surface area contributed by atoms with Gasteiger partial charge in [-0.15, -0.1) is 11.8 Å². The summed E-state index contributed by atoms with van der Waals surface area (Å²) in [6.07, 6.45) is 0. The molecule has 1 unspecified atom stereocenters. The van der Waals surface area contributed by atoms with Crippen molar-refractivity contribution in [3.8, 4) is 5.75 Å². The van der Waals surface area contributed by atoms with E-state index in [4.69, 9.17) is 4.74 Å². The lowest BCUT2D eigenvalue weighted by Gasteiger charge is -2.25. The summed E-state index contributed by atoms with van der Waals surface area (Å²) in [5.41, 5.74) is 2.63. The van der Waals surface area contributed by atoms with Gasteiger partial charge in [0.15, 0.2) is 0 Å². The fourth-order valence-electron chi connectivity index (χ4n) is 2.98. The maximum Gasteiger partial charge on any atom is 0.244 e. The second kappa shape index (κ2) is 6.78. The van der Waals surface area contributed by atoms with E-state index in [1.807, 2.05) is 44.2 Å². The minimum atomic E-state index is -3.56. The predicted molar refractivity (Wildman–Crippen MR) is 98.0 cm³/mol.